The fourth-order valence-electron chi connectivity index (χ4n) is 2.31. The van der Waals surface area contributed by atoms with Gasteiger partial charge in [0.25, 0.3) is 0 Å². The van der Waals surface area contributed by atoms with Gasteiger partial charge in [0.1, 0.15) is 5.60 Å². The molecule has 0 aromatic heterocycles. The maximum absolute atomic E-state index is 12.1. The first-order valence-corrected chi connectivity index (χ1v) is 7.11. The number of aliphatic hydroxyl groups is 1. The lowest BCUT2D eigenvalue weighted by Crippen LogP contribution is -2.47. The molecule has 1 atom stereocenters. The van der Waals surface area contributed by atoms with Gasteiger partial charge in [-0.05, 0) is 60.0 Å². The molecule has 1 amide bonds. The molecule has 0 aromatic carbocycles. The van der Waals surface area contributed by atoms with Gasteiger partial charge in [-0.15, -0.1) is 0 Å². The third-order valence-corrected chi connectivity index (χ3v) is 3.30. The molecule has 0 spiro atoms. The molecule has 0 radical (unpaired) electrons. The van der Waals surface area contributed by atoms with Gasteiger partial charge < -0.3 is 20.1 Å². The zero-order valence-electron chi connectivity index (χ0n) is 12.7. The molecule has 0 aliphatic carbocycles. The lowest BCUT2D eigenvalue weighted by Gasteiger charge is -2.33. The molecular weight excluding hydrogens is 244 g/mol. The Kier molecular flexibility index (Phi) is 5.62. The van der Waals surface area contributed by atoms with E-state index < -0.39 is 11.2 Å². The van der Waals surface area contributed by atoms with Gasteiger partial charge in [0.15, 0.2) is 0 Å². The minimum absolute atomic E-state index is 0.322. The van der Waals surface area contributed by atoms with E-state index >= 15 is 0 Å². The van der Waals surface area contributed by atoms with Crippen LogP contribution in [-0.4, -0.2) is 54.0 Å². The van der Waals surface area contributed by atoms with E-state index in [0.717, 1.165) is 25.8 Å². The predicted molar refractivity (Wildman–Crippen MR) is 75.2 cm³/mol. The lowest BCUT2D eigenvalue weighted by molar-refractivity contribution is -0.0180. The fraction of sp³-hybridized carbons (Fsp3) is 0.929. The molecule has 0 saturated carbocycles. The van der Waals surface area contributed by atoms with Crippen LogP contribution in [0.25, 0.3) is 0 Å². The van der Waals surface area contributed by atoms with E-state index in [-0.39, 0.29) is 6.09 Å². The number of β-amino-alcohol motifs (C(OH)–C–C–N with tert-alkyl or cyclic N) is 1. The number of nitrogens with zero attached hydrogens (tertiary/aromatic N) is 1. The quantitative estimate of drug-likeness (QED) is 0.821. The van der Waals surface area contributed by atoms with E-state index in [1.54, 1.807) is 4.90 Å². The molecule has 1 heterocycles. The Balaban J connectivity index is 2.65. The molecule has 2 N–H and O–H groups in total. The van der Waals surface area contributed by atoms with Crippen LogP contribution in [0.2, 0.25) is 0 Å². The zero-order valence-corrected chi connectivity index (χ0v) is 12.7. The molecule has 1 saturated heterocycles. The van der Waals surface area contributed by atoms with Gasteiger partial charge in [0.2, 0.25) is 0 Å². The van der Waals surface area contributed by atoms with Gasteiger partial charge in [-0.1, -0.05) is 0 Å². The highest BCUT2D eigenvalue weighted by molar-refractivity contribution is 5.68. The number of rotatable bonds is 3. The smallest absolute Gasteiger partial charge is 0.410 e. The van der Waals surface area contributed by atoms with Crippen LogP contribution >= 0.6 is 0 Å². The van der Waals surface area contributed by atoms with E-state index in [2.05, 4.69) is 5.32 Å². The highest BCUT2D eigenvalue weighted by Crippen LogP contribution is 2.25. The minimum atomic E-state index is -0.795. The van der Waals surface area contributed by atoms with Crippen molar-refractivity contribution in [3.63, 3.8) is 0 Å². The van der Waals surface area contributed by atoms with Crippen molar-refractivity contribution in [2.75, 3.05) is 26.7 Å². The Morgan fingerprint density at radius 2 is 2.11 bits per heavy atom. The molecule has 1 aliphatic heterocycles. The average molecular weight is 272 g/mol. The summed E-state index contributed by atoms with van der Waals surface area (Å²) < 4.78 is 5.39. The molecule has 19 heavy (non-hydrogen) atoms. The molecule has 5 heteroatoms. The number of nitrogens with one attached hydrogen (secondary N) is 1. The number of likely N-dealkylation sites (tertiary alicyclic amines) is 1. The van der Waals surface area contributed by atoms with Crippen LogP contribution in [0.4, 0.5) is 4.79 Å². The first-order chi connectivity index (χ1) is 8.76. The first-order valence-electron chi connectivity index (χ1n) is 7.11. The summed E-state index contributed by atoms with van der Waals surface area (Å²) in [5.41, 5.74) is -1.29. The van der Waals surface area contributed by atoms with Crippen molar-refractivity contribution in [1.82, 2.24) is 10.2 Å². The largest absolute Gasteiger partial charge is 0.444 e. The third-order valence-electron chi connectivity index (χ3n) is 3.30. The summed E-state index contributed by atoms with van der Waals surface area (Å²) in [7, 11) is 1.87. The average Bonchev–Trinajstić information content (AvgIpc) is 2.47. The van der Waals surface area contributed by atoms with E-state index in [1.807, 2.05) is 27.8 Å². The van der Waals surface area contributed by atoms with Crippen molar-refractivity contribution in [1.29, 1.82) is 0 Å². The molecule has 1 aliphatic rings. The number of amides is 1. The molecule has 1 unspecified atom stereocenters. The molecule has 1 fully saturated rings. The topological polar surface area (TPSA) is 61.8 Å². The van der Waals surface area contributed by atoms with E-state index in [4.69, 9.17) is 4.74 Å². The number of carbonyl (C=O) groups is 1. The number of hydrogen-bond acceptors (Lipinski definition) is 4. The Hall–Kier alpha value is -0.810. The van der Waals surface area contributed by atoms with Crippen LogP contribution in [0.3, 0.4) is 0 Å². The van der Waals surface area contributed by atoms with Gasteiger partial charge >= 0.3 is 6.09 Å². The van der Waals surface area contributed by atoms with Crippen LogP contribution in [0.1, 0.15) is 46.5 Å². The van der Waals surface area contributed by atoms with E-state index in [9.17, 15) is 9.90 Å². The molecule has 0 aromatic rings. The third kappa shape index (κ3) is 5.78. The van der Waals surface area contributed by atoms with Gasteiger partial charge in [-0.3, -0.25) is 0 Å². The van der Waals surface area contributed by atoms with Gasteiger partial charge in [0, 0.05) is 6.54 Å². The molecule has 1 rings (SSSR count). The van der Waals surface area contributed by atoms with Crippen molar-refractivity contribution in [2.24, 2.45) is 0 Å². The minimum Gasteiger partial charge on any atom is -0.444 e. The number of carbonyl (C=O) groups excluding carboxylic acids is 1. The number of ether oxygens (including phenoxy) is 1. The second-order valence-electron chi connectivity index (χ2n) is 6.44. The summed E-state index contributed by atoms with van der Waals surface area (Å²) in [5, 5.41) is 13.7. The van der Waals surface area contributed by atoms with Crippen molar-refractivity contribution in [3.8, 4) is 0 Å². The van der Waals surface area contributed by atoms with Crippen LogP contribution in [0.5, 0.6) is 0 Å². The van der Waals surface area contributed by atoms with Crippen LogP contribution in [-0.2, 0) is 4.74 Å². The molecular formula is C14H28N2O3. The number of hydrogen-bond donors (Lipinski definition) is 2. The van der Waals surface area contributed by atoms with Crippen LogP contribution in [0, 0.1) is 0 Å². The molecule has 112 valence electrons. The second-order valence-corrected chi connectivity index (χ2v) is 6.44. The summed E-state index contributed by atoms with van der Waals surface area (Å²) >= 11 is 0. The maximum atomic E-state index is 12.1. The molecule has 0 bridgehead atoms. The van der Waals surface area contributed by atoms with E-state index in [1.165, 1.54) is 0 Å². The monoisotopic (exact) mass is 272 g/mol. The highest BCUT2D eigenvalue weighted by Gasteiger charge is 2.34. The van der Waals surface area contributed by atoms with Gasteiger partial charge in [0.05, 0.1) is 12.1 Å². The summed E-state index contributed by atoms with van der Waals surface area (Å²) in [5.74, 6) is 0. The summed E-state index contributed by atoms with van der Waals surface area (Å²) in [6, 6.07) is 0. The zero-order chi connectivity index (χ0) is 14.5. The lowest BCUT2D eigenvalue weighted by atomic mass is 9.94. The van der Waals surface area contributed by atoms with Gasteiger partial charge in [-0.25, -0.2) is 4.79 Å². The maximum Gasteiger partial charge on any atom is 0.410 e. The molecule has 5 nitrogen and oxygen atoms in total. The van der Waals surface area contributed by atoms with Crippen LogP contribution < -0.4 is 5.32 Å². The van der Waals surface area contributed by atoms with Crippen molar-refractivity contribution < 1.29 is 14.6 Å². The van der Waals surface area contributed by atoms with Crippen molar-refractivity contribution >= 4 is 6.09 Å². The predicted octanol–water partition coefficient (Wildman–Crippen LogP) is 1.75. The van der Waals surface area contributed by atoms with E-state index in [0.29, 0.717) is 19.5 Å². The van der Waals surface area contributed by atoms with Gasteiger partial charge in [-0.2, -0.15) is 0 Å². The standard InChI is InChI=1S/C14H28N2O3/c1-13(2,3)19-12(17)16-10-6-5-7-14(18,11-16)8-9-15-4/h15,18H,5-11H2,1-4H3. The van der Waals surface area contributed by atoms with Crippen molar-refractivity contribution in [3.05, 3.63) is 0 Å². The Labute approximate surface area is 116 Å². The summed E-state index contributed by atoms with van der Waals surface area (Å²) in [6.45, 7) is 7.35. The Morgan fingerprint density at radius 1 is 1.42 bits per heavy atom. The normalized spacial score (nSPS) is 25.0. The van der Waals surface area contributed by atoms with Crippen molar-refractivity contribution in [2.45, 2.75) is 57.7 Å². The SMILES string of the molecule is CNCCC1(O)CCCCN(C(=O)OC(C)(C)C)C1. The van der Waals surface area contributed by atoms with Crippen LogP contribution in [0.15, 0.2) is 0 Å². The second kappa shape index (κ2) is 6.57. The summed E-state index contributed by atoms with van der Waals surface area (Å²) in [6.07, 6.45) is 2.94. The Bertz CT molecular complexity index is 302. The highest BCUT2D eigenvalue weighted by atomic mass is 16.6. The first kappa shape index (κ1) is 16.2. The summed E-state index contributed by atoms with van der Waals surface area (Å²) in [4.78, 5) is 13.8. The fourth-order valence-corrected chi connectivity index (χ4v) is 2.31. The Morgan fingerprint density at radius 3 is 2.68 bits per heavy atom.